The standard InChI is InChI=1S/C24H33NO2/c1-16(2)21-13-8-17(3)14-22(21)27-15-23(26)25-18(4)19-9-11-20(12-10-19)24(5,6)7/h8-14,16,18H,15H2,1-7H3,(H,25,26). The lowest BCUT2D eigenvalue weighted by atomic mass is 9.86. The van der Waals surface area contributed by atoms with Crippen molar-refractivity contribution in [2.24, 2.45) is 0 Å². The van der Waals surface area contributed by atoms with Gasteiger partial charge in [0.1, 0.15) is 5.75 Å². The molecule has 0 heterocycles. The molecule has 3 nitrogen and oxygen atoms in total. The van der Waals surface area contributed by atoms with E-state index in [0.717, 1.165) is 22.4 Å². The number of ether oxygens (including phenoxy) is 1. The lowest BCUT2D eigenvalue weighted by Gasteiger charge is -2.21. The van der Waals surface area contributed by atoms with E-state index in [1.165, 1.54) is 5.56 Å². The van der Waals surface area contributed by atoms with E-state index in [0.29, 0.717) is 5.92 Å². The summed E-state index contributed by atoms with van der Waals surface area (Å²) in [5.74, 6) is 1.03. The fraction of sp³-hybridized carbons (Fsp3) is 0.458. The molecule has 0 aliphatic rings. The van der Waals surface area contributed by atoms with Crippen molar-refractivity contribution in [3.8, 4) is 5.75 Å². The van der Waals surface area contributed by atoms with Gasteiger partial charge in [0.05, 0.1) is 6.04 Å². The van der Waals surface area contributed by atoms with Gasteiger partial charge in [-0.05, 0) is 53.5 Å². The molecule has 3 heteroatoms. The van der Waals surface area contributed by atoms with Crippen LogP contribution >= 0.6 is 0 Å². The summed E-state index contributed by atoms with van der Waals surface area (Å²) in [6.45, 7) is 14.9. The monoisotopic (exact) mass is 367 g/mol. The van der Waals surface area contributed by atoms with Crippen molar-refractivity contribution >= 4 is 5.91 Å². The van der Waals surface area contributed by atoms with Gasteiger partial charge in [-0.3, -0.25) is 4.79 Å². The zero-order valence-corrected chi connectivity index (χ0v) is 17.7. The maximum atomic E-state index is 12.4. The molecule has 146 valence electrons. The van der Waals surface area contributed by atoms with Crippen LogP contribution in [0.4, 0.5) is 0 Å². The summed E-state index contributed by atoms with van der Waals surface area (Å²) in [4.78, 5) is 12.4. The van der Waals surface area contributed by atoms with E-state index in [4.69, 9.17) is 4.74 Å². The van der Waals surface area contributed by atoms with Gasteiger partial charge >= 0.3 is 0 Å². The predicted molar refractivity (Wildman–Crippen MR) is 112 cm³/mol. The molecular weight excluding hydrogens is 334 g/mol. The largest absolute Gasteiger partial charge is 0.483 e. The molecule has 0 saturated heterocycles. The normalized spacial score (nSPS) is 12.7. The Morgan fingerprint density at radius 3 is 2.22 bits per heavy atom. The van der Waals surface area contributed by atoms with Crippen molar-refractivity contribution in [3.63, 3.8) is 0 Å². The van der Waals surface area contributed by atoms with Crippen LogP contribution in [0.1, 0.15) is 75.8 Å². The Bertz CT molecular complexity index is 770. The number of carbonyl (C=O) groups excluding carboxylic acids is 1. The Morgan fingerprint density at radius 1 is 1.04 bits per heavy atom. The van der Waals surface area contributed by atoms with Gasteiger partial charge in [-0.1, -0.05) is 71.0 Å². The van der Waals surface area contributed by atoms with Crippen LogP contribution in [0.15, 0.2) is 42.5 Å². The fourth-order valence-electron chi connectivity index (χ4n) is 3.03. The van der Waals surface area contributed by atoms with E-state index < -0.39 is 0 Å². The third-order valence-corrected chi connectivity index (χ3v) is 4.80. The maximum Gasteiger partial charge on any atom is 0.258 e. The Kier molecular flexibility index (Phi) is 6.69. The van der Waals surface area contributed by atoms with E-state index in [9.17, 15) is 4.79 Å². The minimum atomic E-state index is -0.112. The highest BCUT2D eigenvalue weighted by molar-refractivity contribution is 5.78. The minimum Gasteiger partial charge on any atom is -0.483 e. The number of rotatable bonds is 6. The van der Waals surface area contributed by atoms with Crippen LogP contribution in [0.5, 0.6) is 5.75 Å². The number of benzene rings is 2. The maximum absolute atomic E-state index is 12.4. The summed E-state index contributed by atoms with van der Waals surface area (Å²) in [7, 11) is 0. The summed E-state index contributed by atoms with van der Waals surface area (Å²) >= 11 is 0. The van der Waals surface area contributed by atoms with Gasteiger partial charge in [0.15, 0.2) is 6.61 Å². The molecule has 1 atom stereocenters. The molecule has 0 fully saturated rings. The summed E-state index contributed by atoms with van der Waals surface area (Å²) in [5.41, 5.74) is 4.76. The molecule has 0 aromatic heterocycles. The average molecular weight is 368 g/mol. The fourth-order valence-corrected chi connectivity index (χ4v) is 3.03. The minimum absolute atomic E-state index is 0.0214. The van der Waals surface area contributed by atoms with Crippen LogP contribution in [0.3, 0.4) is 0 Å². The lowest BCUT2D eigenvalue weighted by molar-refractivity contribution is -0.123. The Balaban J connectivity index is 1.97. The summed E-state index contributed by atoms with van der Waals surface area (Å²) in [6, 6.07) is 14.5. The molecule has 0 aliphatic carbocycles. The summed E-state index contributed by atoms with van der Waals surface area (Å²) in [6.07, 6.45) is 0. The number of aryl methyl sites for hydroxylation is 1. The predicted octanol–water partition coefficient (Wildman–Crippen LogP) is 5.67. The van der Waals surface area contributed by atoms with Gasteiger partial charge in [-0.15, -0.1) is 0 Å². The summed E-state index contributed by atoms with van der Waals surface area (Å²) in [5, 5.41) is 3.02. The molecule has 0 spiro atoms. The zero-order valence-electron chi connectivity index (χ0n) is 17.7. The molecule has 1 unspecified atom stereocenters. The Hall–Kier alpha value is -2.29. The van der Waals surface area contributed by atoms with E-state index in [1.807, 2.05) is 19.9 Å². The average Bonchev–Trinajstić information content (AvgIpc) is 2.59. The second-order valence-electron chi connectivity index (χ2n) is 8.65. The number of amides is 1. The van der Waals surface area contributed by atoms with Crippen molar-refractivity contribution < 1.29 is 9.53 Å². The molecule has 2 aromatic carbocycles. The highest BCUT2D eigenvalue weighted by Crippen LogP contribution is 2.27. The lowest BCUT2D eigenvalue weighted by Crippen LogP contribution is -2.31. The molecule has 1 N–H and O–H groups in total. The molecular formula is C24H33NO2. The van der Waals surface area contributed by atoms with Crippen LogP contribution < -0.4 is 10.1 Å². The van der Waals surface area contributed by atoms with Crippen LogP contribution in [0.25, 0.3) is 0 Å². The molecule has 0 radical (unpaired) electrons. The van der Waals surface area contributed by atoms with E-state index >= 15 is 0 Å². The van der Waals surface area contributed by atoms with Crippen molar-refractivity contribution in [3.05, 3.63) is 64.7 Å². The van der Waals surface area contributed by atoms with Gasteiger partial charge in [-0.25, -0.2) is 0 Å². The number of hydrogen-bond acceptors (Lipinski definition) is 2. The van der Waals surface area contributed by atoms with Crippen molar-refractivity contribution in [1.82, 2.24) is 5.32 Å². The first-order valence-electron chi connectivity index (χ1n) is 9.71. The molecule has 1 amide bonds. The van der Waals surface area contributed by atoms with Crippen LogP contribution in [-0.2, 0) is 10.2 Å². The van der Waals surface area contributed by atoms with Crippen molar-refractivity contribution in [1.29, 1.82) is 0 Å². The highest BCUT2D eigenvalue weighted by atomic mass is 16.5. The van der Waals surface area contributed by atoms with E-state index in [2.05, 4.69) is 76.3 Å². The summed E-state index contributed by atoms with van der Waals surface area (Å²) < 4.78 is 5.83. The highest BCUT2D eigenvalue weighted by Gasteiger charge is 2.16. The Labute approximate surface area is 164 Å². The molecule has 2 aromatic rings. The van der Waals surface area contributed by atoms with Crippen LogP contribution in [0.2, 0.25) is 0 Å². The second-order valence-corrected chi connectivity index (χ2v) is 8.65. The molecule has 0 aliphatic heterocycles. The zero-order chi connectivity index (χ0) is 20.2. The first-order valence-corrected chi connectivity index (χ1v) is 9.71. The number of carbonyl (C=O) groups is 1. The van der Waals surface area contributed by atoms with Crippen molar-refractivity contribution in [2.75, 3.05) is 6.61 Å². The smallest absolute Gasteiger partial charge is 0.258 e. The van der Waals surface area contributed by atoms with E-state index in [1.54, 1.807) is 0 Å². The third-order valence-electron chi connectivity index (χ3n) is 4.80. The quantitative estimate of drug-likeness (QED) is 0.714. The SMILES string of the molecule is Cc1ccc(C(C)C)c(OCC(=O)NC(C)c2ccc(C(C)(C)C)cc2)c1. The molecule has 0 bridgehead atoms. The van der Waals surface area contributed by atoms with Gasteiger partial charge in [-0.2, -0.15) is 0 Å². The molecule has 0 saturated carbocycles. The first-order chi connectivity index (χ1) is 12.6. The third kappa shape index (κ3) is 5.85. The Morgan fingerprint density at radius 2 is 1.67 bits per heavy atom. The van der Waals surface area contributed by atoms with Crippen LogP contribution in [0, 0.1) is 6.92 Å². The number of nitrogens with one attached hydrogen (secondary N) is 1. The van der Waals surface area contributed by atoms with Crippen LogP contribution in [-0.4, -0.2) is 12.5 Å². The first kappa shape index (κ1) is 21.0. The van der Waals surface area contributed by atoms with Gasteiger partial charge in [0.25, 0.3) is 5.91 Å². The van der Waals surface area contributed by atoms with Gasteiger partial charge in [0, 0.05) is 0 Å². The molecule has 27 heavy (non-hydrogen) atoms. The molecule has 2 rings (SSSR count). The van der Waals surface area contributed by atoms with Gasteiger partial charge in [0.2, 0.25) is 0 Å². The topological polar surface area (TPSA) is 38.3 Å². The van der Waals surface area contributed by atoms with Crippen molar-refractivity contribution in [2.45, 2.75) is 65.8 Å². The second kappa shape index (κ2) is 8.60. The number of hydrogen-bond donors (Lipinski definition) is 1. The van der Waals surface area contributed by atoms with E-state index in [-0.39, 0.29) is 24.0 Å². The van der Waals surface area contributed by atoms with Gasteiger partial charge < -0.3 is 10.1 Å².